The summed E-state index contributed by atoms with van der Waals surface area (Å²) < 4.78 is 23.6. The Morgan fingerprint density at radius 1 is 1.42 bits per heavy atom. The Hall–Kier alpha value is -1.67. The van der Waals surface area contributed by atoms with Crippen molar-refractivity contribution in [2.24, 2.45) is 5.92 Å². The van der Waals surface area contributed by atoms with Crippen molar-refractivity contribution < 1.29 is 13.3 Å². The van der Waals surface area contributed by atoms with E-state index in [1.807, 2.05) is 0 Å². The van der Waals surface area contributed by atoms with E-state index in [0.29, 0.717) is 24.2 Å². The summed E-state index contributed by atoms with van der Waals surface area (Å²) in [6, 6.07) is 4.58. The number of anilines is 1. The normalized spacial score (nSPS) is 18.9. The number of likely N-dealkylation sites (tertiary alicyclic amines) is 1. The molecule has 8 heteroatoms. The van der Waals surface area contributed by atoms with Crippen molar-refractivity contribution >= 4 is 21.2 Å². The first-order chi connectivity index (χ1) is 11.2. The lowest BCUT2D eigenvalue weighted by Gasteiger charge is -2.26. The molecule has 0 bridgehead atoms. The van der Waals surface area contributed by atoms with Gasteiger partial charge in [0.15, 0.2) is 9.84 Å². The zero-order valence-corrected chi connectivity index (χ0v) is 15.2. The average molecular weight is 355 g/mol. The van der Waals surface area contributed by atoms with Gasteiger partial charge >= 0.3 is 0 Å². The van der Waals surface area contributed by atoms with Crippen molar-refractivity contribution in [2.45, 2.75) is 37.6 Å². The number of sulfone groups is 1. The van der Waals surface area contributed by atoms with E-state index in [1.165, 1.54) is 12.1 Å². The third kappa shape index (κ3) is 4.67. The van der Waals surface area contributed by atoms with E-state index in [-0.39, 0.29) is 10.6 Å². The van der Waals surface area contributed by atoms with E-state index >= 15 is 0 Å². The second-order valence-electron chi connectivity index (χ2n) is 6.78. The smallest absolute Gasteiger partial charge is 0.288 e. The Labute approximate surface area is 143 Å². The van der Waals surface area contributed by atoms with Gasteiger partial charge in [0.25, 0.3) is 5.69 Å². The zero-order valence-electron chi connectivity index (χ0n) is 14.4. The summed E-state index contributed by atoms with van der Waals surface area (Å²) in [4.78, 5) is 12.5. The molecule has 0 spiro atoms. The molecule has 1 aliphatic rings. The highest BCUT2D eigenvalue weighted by Gasteiger charge is 2.26. The molecule has 24 heavy (non-hydrogen) atoms. The molecule has 1 aliphatic heterocycles. The minimum Gasteiger partial charge on any atom is -0.383 e. The molecule has 0 unspecified atom stereocenters. The number of nitrogens with one attached hydrogen (secondary N) is 1. The molecule has 7 nitrogen and oxygen atoms in total. The SMILES string of the molecule is CC(C)CN1CCC[C@@H]1CNc1ccc([N+](=O)[O-])c(S(C)(=O)=O)c1. The van der Waals surface area contributed by atoms with Crippen LogP contribution in [-0.2, 0) is 9.84 Å². The second kappa shape index (κ2) is 7.48. The molecule has 1 fully saturated rings. The van der Waals surface area contributed by atoms with Gasteiger partial charge < -0.3 is 5.32 Å². The van der Waals surface area contributed by atoms with Crippen LogP contribution in [0, 0.1) is 16.0 Å². The standard InChI is InChI=1S/C16H25N3O4S/c1-12(2)11-18-8-4-5-14(18)10-17-13-6-7-15(19(20)21)16(9-13)24(3,22)23/h6-7,9,12,14,17H,4-5,8,10-11H2,1-3H3/t14-/m1/s1. The van der Waals surface area contributed by atoms with Gasteiger partial charge in [0.1, 0.15) is 4.90 Å². The maximum Gasteiger partial charge on any atom is 0.288 e. The molecule has 134 valence electrons. The molecule has 0 amide bonds. The van der Waals surface area contributed by atoms with Crippen molar-refractivity contribution in [1.29, 1.82) is 0 Å². The fourth-order valence-electron chi connectivity index (χ4n) is 3.14. The average Bonchev–Trinajstić information content (AvgIpc) is 2.90. The minimum atomic E-state index is -3.66. The Kier molecular flexibility index (Phi) is 5.82. The number of nitro groups is 1. The minimum absolute atomic E-state index is 0.247. The topological polar surface area (TPSA) is 92.5 Å². The van der Waals surface area contributed by atoms with Crippen LogP contribution in [-0.4, -0.2) is 50.2 Å². The monoisotopic (exact) mass is 355 g/mol. The Bertz CT molecular complexity index is 703. The molecule has 0 aromatic heterocycles. The lowest BCUT2D eigenvalue weighted by molar-refractivity contribution is -0.387. The van der Waals surface area contributed by atoms with Gasteiger partial charge in [-0.25, -0.2) is 8.42 Å². The van der Waals surface area contributed by atoms with E-state index in [0.717, 1.165) is 32.2 Å². The predicted octanol–water partition coefficient (Wildman–Crippen LogP) is 2.53. The van der Waals surface area contributed by atoms with Gasteiger partial charge in [-0.15, -0.1) is 0 Å². The summed E-state index contributed by atoms with van der Waals surface area (Å²) in [5.41, 5.74) is 0.211. The van der Waals surface area contributed by atoms with Gasteiger partial charge in [-0.2, -0.15) is 0 Å². The fourth-order valence-corrected chi connectivity index (χ4v) is 4.01. The molecule has 0 saturated carbocycles. The highest BCUT2D eigenvalue weighted by atomic mass is 32.2. The van der Waals surface area contributed by atoms with Crippen LogP contribution in [0.3, 0.4) is 0 Å². The van der Waals surface area contributed by atoms with Crippen molar-refractivity contribution in [3.8, 4) is 0 Å². The lowest BCUT2D eigenvalue weighted by Crippen LogP contribution is -2.37. The van der Waals surface area contributed by atoms with Crippen LogP contribution in [0.15, 0.2) is 23.1 Å². The maximum atomic E-state index is 11.8. The highest BCUT2D eigenvalue weighted by Crippen LogP contribution is 2.27. The van der Waals surface area contributed by atoms with E-state index in [2.05, 4.69) is 24.1 Å². The summed E-state index contributed by atoms with van der Waals surface area (Å²) in [6.07, 6.45) is 3.25. The van der Waals surface area contributed by atoms with Gasteiger partial charge in [-0.3, -0.25) is 15.0 Å². The number of nitro benzene ring substituents is 1. The number of hydrogen-bond donors (Lipinski definition) is 1. The second-order valence-corrected chi connectivity index (χ2v) is 8.76. The third-order valence-electron chi connectivity index (χ3n) is 4.20. The van der Waals surface area contributed by atoms with Gasteiger partial charge in [0.05, 0.1) is 4.92 Å². The predicted molar refractivity (Wildman–Crippen MR) is 94.1 cm³/mol. The molecule has 0 aliphatic carbocycles. The van der Waals surface area contributed by atoms with Gasteiger partial charge in [0, 0.05) is 37.1 Å². The van der Waals surface area contributed by atoms with Gasteiger partial charge in [-0.05, 0) is 37.4 Å². The summed E-state index contributed by atoms with van der Waals surface area (Å²) >= 11 is 0. The number of benzene rings is 1. The van der Waals surface area contributed by atoms with Crippen molar-refractivity contribution in [2.75, 3.05) is 31.2 Å². The Morgan fingerprint density at radius 3 is 2.71 bits per heavy atom. The zero-order chi connectivity index (χ0) is 17.9. The van der Waals surface area contributed by atoms with Gasteiger partial charge in [0.2, 0.25) is 0 Å². The molecular weight excluding hydrogens is 330 g/mol. The van der Waals surface area contributed by atoms with Crippen LogP contribution in [0.4, 0.5) is 11.4 Å². The maximum absolute atomic E-state index is 11.8. The van der Waals surface area contributed by atoms with E-state index in [9.17, 15) is 18.5 Å². The first-order valence-electron chi connectivity index (χ1n) is 8.15. The summed E-state index contributed by atoms with van der Waals surface area (Å²) in [5.74, 6) is 0.599. The molecule has 1 heterocycles. The molecule has 0 radical (unpaired) electrons. The first kappa shape index (κ1) is 18.7. The molecule has 1 aromatic carbocycles. The quantitative estimate of drug-likeness (QED) is 0.597. The van der Waals surface area contributed by atoms with Crippen LogP contribution in [0.1, 0.15) is 26.7 Å². The molecule has 1 saturated heterocycles. The Morgan fingerprint density at radius 2 is 2.12 bits per heavy atom. The number of hydrogen-bond acceptors (Lipinski definition) is 6. The number of rotatable bonds is 7. The van der Waals surface area contributed by atoms with Crippen LogP contribution < -0.4 is 5.32 Å². The largest absolute Gasteiger partial charge is 0.383 e. The fraction of sp³-hybridized carbons (Fsp3) is 0.625. The molecular formula is C16H25N3O4S. The highest BCUT2D eigenvalue weighted by molar-refractivity contribution is 7.90. The molecule has 2 rings (SSSR count). The number of nitrogens with zero attached hydrogens (tertiary/aromatic N) is 2. The van der Waals surface area contributed by atoms with Crippen molar-refractivity contribution in [3.63, 3.8) is 0 Å². The van der Waals surface area contributed by atoms with Crippen LogP contribution in [0.5, 0.6) is 0 Å². The van der Waals surface area contributed by atoms with Crippen LogP contribution in [0.2, 0.25) is 0 Å². The first-order valence-corrected chi connectivity index (χ1v) is 10.0. The molecule has 1 N–H and O–H groups in total. The summed E-state index contributed by atoms with van der Waals surface area (Å²) in [7, 11) is -3.66. The molecule has 1 aromatic rings. The van der Waals surface area contributed by atoms with Crippen LogP contribution in [0.25, 0.3) is 0 Å². The van der Waals surface area contributed by atoms with E-state index in [4.69, 9.17) is 0 Å². The van der Waals surface area contributed by atoms with E-state index in [1.54, 1.807) is 6.07 Å². The van der Waals surface area contributed by atoms with Crippen molar-refractivity contribution in [3.05, 3.63) is 28.3 Å². The summed E-state index contributed by atoms with van der Waals surface area (Å²) in [5, 5.41) is 14.2. The Balaban J connectivity index is 2.12. The van der Waals surface area contributed by atoms with Crippen LogP contribution >= 0.6 is 0 Å². The molecule has 1 atom stereocenters. The van der Waals surface area contributed by atoms with Crippen molar-refractivity contribution in [1.82, 2.24) is 4.90 Å². The van der Waals surface area contributed by atoms with E-state index < -0.39 is 14.8 Å². The van der Waals surface area contributed by atoms with Gasteiger partial charge in [-0.1, -0.05) is 13.8 Å². The summed E-state index contributed by atoms with van der Waals surface area (Å²) in [6.45, 7) is 7.21. The lowest BCUT2D eigenvalue weighted by atomic mass is 10.1. The third-order valence-corrected chi connectivity index (χ3v) is 5.32.